The van der Waals surface area contributed by atoms with E-state index in [2.05, 4.69) is 32.9 Å². The largest absolute Gasteiger partial charge is 0.360 e. The van der Waals surface area contributed by atoms with E-state index < -0.39 is 0 Å². The van der Waals surface area contributed by atoms with Crippen molar-refractivity contribution in [1.29, 1.82) is 0 Å². The Morgan fingerprint density at radius 2 is 2.32 bits per heavy atom. The highest BCUT2D eigenvalue weighted by atomic mass is 32.1. The third kappa shape index (κ3) is 3.75. The lowest BCUT2D eigenvalue weighted by Gasteiger charge is -1.98. The molecule has 0 atom stereocenters. The van der Waals surface area contributed by atoms with E-state index in [1.807, 2.05) is 6.92 Å². The molecule has 0 bridgehead atoms. The number of carbonyl (C=O) groups excluding carboxylic acids is 1. The van der Waals surface area contributed by atoms with Gasteiger partial charge in [0.1, 0.15) is 0 Å². The molecule has 0 fully saturated rings. The van der Waals surface area contributed by atoms with Crippen LogP contribution in [-0.4, -0.2) is 27.8 Å². The summed E-state index contributed by atoms with van der Waals surface area (Å²) in [6, 6.07) is 1.77. The summed E-state index contributed by atoms with van der Waals surface area (Å²) in [5.41, 5.74) is 0.784. The molecular formula is C11H15N5O2S. The van der Waals surface area contributed by atoms with Gasteiger partial charge in [0.05, 0.1) is 12.2 Å². The van der Waals surface area contributed by atoms with Gasteiger partial charge in [0.2, 0.25) is 10.1 Å². The molecule has 0 unspecified atom stereocenters. The van der Waals surface area contributed by atoms with Gasteiger partial charge >= 0.3 is 0 Å². The number of rotatable bonds is 6. The van der Waals surface area contributed by atoms with Crippen LogP contribution < -0.4 is 10.6 Å². The minimum atomic E-state index is -0.267. The summed E-state index contributed by atoms with van der Waals surface area (Å²) < 4.78 is 5.00. The summed E-state index contributed by atoms with van der Waals surface area (Å²) >= 11 is 1.23. The van der Waals surface area contributed by atoms with E-state index in [9.17, 15) is 4.79 Å². The Balaban J connectivity index is 1.87. The fourth-order valence-corrected chi connectivity index (χ4v) is 2.05. The van der Waals surface area contributed by atoms with Crippen molar-refractivity contribution < 1.29 is 9.32 Å². The van der Waals surface area contributed by atoms with Gasteiger partial charge in [-0.15, -0.1) is 10.2 Å². The standard InChI is InChI=1S/C11H15N5O2S/c1-3-4-12-11-15-14-10(19-11)9(17)13-6-8-5-7(2)16-18-8/h5H,3-4,6H2,1-2H3,(H,12,15)(H,13,17). The Bertz CT molecular complexity index is 551. The highest BCUT2D eigenvalue weighted by Crippen LogP contribution is 2.15. The van der Waals surface area contributed by atoms with Crippen LogP contribution in [-0.2, 0) is 6.54 Å². The molecule has 0 spiro atoms. The zero-order valence-electron chi connectivity index (χ0n) is 10.8. The van der Waals surface area contributed by atoms with E-state index in [-0.39, 0.29) is 12.5 Å². The molecule has 0 aromatic carbocycles. The van der Waals surface area contributed by atoms with E-state index in [1.165, 1.54) is 11.3 Å². The molecule has 2 N–H and O–H groups in total. The number of hydrogen-bond acceptors (Lipinski definition) is 7. The molecule has 1 amide bonds. The Morgan fingerprint density at radius 3 is 3.00 bits per heavy atom. The summed E-state index contributed by atoms with van der Waals surface area (Å²) in [6.07, 6.45) is 0.992. The lowest BCUT2D eigenvalue weighted by molar-refractivity contribution is 0.0946. The maximum Gasteiger partial charge on any atom is 0.282 e. The van der Waals surface area contributed by atoms with E-state index in [0.717, 1.165) is 18.7 Å². The van der Waals surface area contributed by atoms with Gasteiger partial charge in [-0.1, -0.05) is 23.4 Å². The number of amides is 1. The maximum absolute atomic E-state index is 11.8. The summed E-state index contributed by atoms with van der Waals surface area (Å²) in [6.45, 7) is 4.98. The molecule has 2 aromatic rings. The first-order valence-corrected chi connectivity index (χ1v) is 6.78. The van der Waals surface area contributed by atoms with Crippen molar-refractivity contribution in [3.63, 3.8) is 0 Å². The molecule has 0 aliphatic carbocycles. The molecule has 2 heterocycles. The number of nitrogens with one attached hydrogen (secondary N) is 2. The molecule has 0 saturated carbocycles. The van der Waals surface area contributed by atoms with Gasteiger partial charge < -0.3 is 15.2 Å². The van der Waals surface area contributed by atoms with Crippen molar-refractivity contribution in [2.24, 2.45) is 0 Å². The second-order valence-corrected chi connectivity index (χ2v) is 4.93. The van der Waals surface area contributed by atoms with Crippen LogP contribution in [0.25, 0.3) is 0 Å². The second kappa shape index (κ2) is 6.28. The van der Waals surface area contributed by atoms with Crippen LogP contribution in [0.4, 0.5) is 5.13 Å². The Hall–Kier alpha value is -1.96. The second-order valence-electron chi connectivity index (χ2n) is 3.96. The van der Waals surface area contributed by atoms with E-state index in [4.69, 9.17) is 4.52 Å². The highest BCUT2D eigenvalue weighted by Gasteiger charge is 2.13. The first-order valence-electron chi connectivity index (χ1n) is 5.97. The molecule has 7 nitrogen and oxygen atoms in total. The van der Waals surface area contributed by atoms with Gasteiger partial charge in [-0.25, -0.2) is 0 Å². The van der Waals surface area contributed by atoms with Crippen molar-refractivity contribution in [3.8, 4) is 0 Å². The number of aryl methyl sites for hydroxylation is 1. The van der Waals surface area contributed by atoms with Crippen molar-refractivity contribution in [2.75, 3.05) is 11.9 Å². The predicted octanol–water partition coefficient (Wildman–Crippen LogP) is 1.59. The van der Waals surface area contributed by atoms with Crippen molar-refractivity contribution in [2.45, 2.75) is 26.8 Å². The summed E-state index contributed by atoms with van der Waals surface area (Å²) in [7, 11) is 0. The molecule has 0 radical (unpaired) electrons. The molecule has 8 heteroatoms. The average Bonchev–Trinajstić information content (AvgIpc) is 3.02. The van der Waals surface area contributed by atoms with E-state index in [1.54, 1.807) is 6.07 Å². The molecule has 19 heavy (non-hydrogen) atoms. The van der Waals surface area contributed by atoms with Gasteiger partial charge in [0.15, 0.2) is 5.76 Å². The molecule has 0 saturated heterocycles. The predicted molar refractivity (Wildman–Crippen MR) is 71.1 cm³/mol. The monoisotopic (exact) mass is 281 g/mol. The third-order valence-corrected chi connectivity index (χ3v) is 3.13. The normalized spacial score (nSPS) is 10.4. The third-order valence-electron chi connectivity index (χ3n) is 2.25. The Labute approximate surface area is 114 Å². The van der Waals surface area contributed by atoms with E-state index >= 15 is 0 Å². The van der Waals surface area contributed by atoms with Gasteiger partial charge in [-0.2, -0.15) is 0 Å². The van der Waals surface area contributed by atoms with Crippen LogP contribution in [0.2, 0.25) is 0 Å². The zero-order valence-corrected chi connectivity index (χ0v) is 11.6. The summed E-state index contributed by atoms with van der Waals surface area (Å²) in [5, 5.41) is 18.2. The SMILES string of the molecule is CCCNc1nnc(C(=O)NCc2cc(C)no2)s1. The zero-order chi connectivity index (χ0) is 13.7. The summed E-state index contributed by atoms with van der Waals surface area (Å²) in [4.78, 5) is 11.8. The lowest BCUT2D eigenvalue weighted by Crippen LogP contribution is -2.22. The van der Waals surface area contributed by atoms with Gasteiger partial charge in [0.25, 0.3) is 5.91 Å². The number of hydrogen-bond donors (Lipinski definition) is 2. The number of nitrogens with zero attached hydrogens (tertiary/aromatic N) is 3. The van der Waals surface area contributed by atoms with Crippen molar-refractivity contribution >= 4 is 22.4 Å². The van der Waals surface area contributed by atoms with Crippen molar-refractivity contribution in [1.82, 2.24) is 20.7 Å². The van der Waals surface area contributed by atoms with Crippen LogP contribution >= 0.6 is 11.3 Å². The van der Waals surface area contributed by atoms with Crippen LogP contribution in [0.3, 0.4) is 0 Å². The minimum Gasteiger partial charge on any atom is -0.360 e. The van der Waals surface area contributed by atoms with Crippen LogP contribution in [0.1, 0.15) is 34.6 Å². The molecule has 0 aliphatic rings. The molecular weight excluding hydrogens is 266 g/mol. The average molecular weight is 281 g/mol. The number of aromatic nitrogens is 3. The fraction of sp³-hybridized carbons (Fsp3) is 0.455. The highest BCUT2D eigenvalue weighted by molar-refractivity contribution is 7.17. The first kappa shape index (κ1) is 13.5. The minimum absolute atomic E-state index is 0.267. The Kier molecular flexibility index (Phi) is 4.45. The number of anilines is 1. The van der Waals surface area contributed by atoms with Gasteiger partial charge in [-0.3, -0.25) is 4.79 Å². The van der Waals surface area contributed by atoms with E-state index in [0.29, 0.717) is 15.9 Å². The summed E-state index contributed by atoms with van der Waals surface area (Å²) in [5.74, 6) is 0.343. The van der Waals surface area contributed by atoms with Gasteiger partial charge in [0, 0.05) is 12.6 Å². The Morgan fingerprint density at radius 1 is 1.47 bits per heavy atom. The van der Waals surface area contributed by atoms with Crippen LogP contribution in [0.5, 0.6) is 0 Å². The van der Waals surface area contributed by atoms with Crippen molar-refractivity contribution in [3.05, 3.63) is 22.5 Å². The van der Waals surface area contributed by atoms with Crippen LogP contribution in [0.15, 0.2) is 10.6 Å². The van der Waals surface area contributed by atoms with Crippen LogP contribution in [0, 0.1) is 6.92 Å². The molecule has 102 valence electrons. The number of carbonyl (C=O) groups is 1. The maximum atomic E-state index is 11.8. The van der Waals surface area contributed by atoms with Gasteiger partial charge in [-0.05, 0) is 13.3 Å². The smallest absolute Gasteiger partial charge is 0.282 e. The molecule has 2 aromatic heterocycles. The fourth-order valence-electron chi connectivity index (χ4n) is 1.36. The molecule has 2 rings (SSSR count). The topological polar surface area (TPSA) is 92.9 Å². The first-order chi connectivity index (χ1) is 9.19. The molecule has 0 aliphatic heterocycles. The lowest BCUT2D eigenvalue weighted by atomic mass is 10.4. The quantitative estimate of drug-likeness (QED) is 0.835.